The summed E-state index contributed by atoms with van der Waals surface area (Å²) in [5.41, 5.74) is 3.18. The Labute approximate surface area is 155 Å². The summed E-state index contributed by atoms with van der Waals surface area (Å²) in [4.78, 5) is 15.1. The quantitative estimate of drug-likeness (QED) is 0.737. The topological polar surface area (TPSA) is 50.8 Å². The maximum atomic E-state index is 13.3. The van der Waals surface area contributed by atoms with E-state index >= 15 is 0 Å². The van der Waals surface area contributed by atoms with Crippen molar-refractivity contribution in [2.24, 2.45) is 0 Å². The average Bonchev–Trinajstić information content (AvgIpc) is 3.22. The van der Waals surface area contributed by atoms with Gasteiger partial charge >= 0.3 is 0 Å². The van der Waals surface area contributed by atoms with E-state index in [0.717, 1.165) is 11.3 Å². The molecule has 1 unspecified atom stereocenters. The van der Waals surface area contributed by atoms with Gasteiger partial charge in [-0.15, -0.1) is 0 Å². The lowest BCUT2D eigenvalue weighted by molar-refractivity contribution is 0.0974. The molecule has 2 heterocycles. The Morgan fingerprint density at radius 3 is 2.65 bits per heavy atom. The number of methoxy groups -OCH3 is 2. The van der Waals surface area contributed by atoms with Crippen LogP contribution in [0.5, 0.6) is 11.5 Å². The molecular weight excluding hydrogens is 348 g/mol. The Hall–Kier alpha value is -2.99. The molecule has 0 aliphatic carbocycles. The minimum atomic E-state index is -0.314. The standard InChI is InChI=1S/C20H18N2O3S/c1-24-14-7-8-17(18(11-14)25-2)22-19(13-9-10-26-12-13)21-16-6-4-3-5-15(16)20(22)23/h3-12,19,21H,1-2H3. The van der Waals surface area contributed by atoms with Gasteiger partial charge in [0.2, 0.25) is 0 Å². The molecule has 1 N–H and O–H groups in total. The van der Waals surface area contributed by atoms with Crippen molar-refractivity contribution in [3.8, 4) is 11.5 Å². The molecule has 3 aromatic rings. The van der Waals surface area contributed by atoms with Crippen LogP contribution in [0.25, 0.3) is 0 Å². The summed E-state index contributed by atoms with van der Waals surface area (Å²) in [5.74, 6) is 1.19. The summed E-state index contributed by atoms with van der Waals surface area (Å²) in [6, 6.07) is 15.0. The first-order chi connectivity index (χ1) is 12.7. The second-order valence-electron chi connectivity index (χ2n) is 5.86. The smallest absolute Gasteiger partial charge is 0.262 e. The summed E-state index contributed by atoms with van der Waals surface area (Å²) < 4.78 is 10.8. The molecule has 1 atom stereocenters. The summed E-state index contributed by atoms with van der Waals surface area (Å²) in [7, 11) is 3.19. The first-order valence-electron chi connectivity index (χ1n) is 8.16. The average molecular weight is 366 g/mol. The molecule has 5 nitrogen and oxygen atoms in total. The molecule has 0 spiro atoms. The number of nitrogens with one attached hydrogen (secondary N) is 1. The van der Waals surface area contributed by atoms with Gasteiger partial charge in [-0.1, -0.05) is 12.1 Å². The lowest BCUT2D eigenvalue weighted by Gasteiger charge is -2.38. The highest BCUT2D eigenvalue weighted by atomic mass is 32.1. The monoisotopic (exact) mass is 366 g/mol. The van der Waals surface area contributed by atoms with Crippen LogP contribution < -0.4 is 19.7 Å². The number of amides is 1. The van der Waals surface area contributed by atoms with Gasteiger partial charge in [0, 0.05) is 17.3 Å². The van der Waals surface area contributed by atoms with Crippen LogP contribution in [0.4, 0.5) is 11.4 Å². The summed E-state index contributed by atoms with van der Waals surface area (Å²) >= 11 is 1.60. The molecule has 1 aliphatic rings. The molecule has 0 saturated heterocycles. The van der Waals surface area contributed by atoms with Crippen molar-refractivity contribution in [3.05, 3.63) is 70.4 Å². The second-order valence-corrected chi connectivity index (χ2v) is 6.64. The zero-order valence-corrected chi connectivity index (χ0v) is 15.2. The zero-order valence-electron chi connectivity index (χ0n) is 14.4. The van der Waals surface area contributed by atoms with E-state index in [-0.39, 0.29) is 12.1 Å². The Kier molecular flexibility index (Phi) is 4.26. The summed E-state index contributed by atoms with van der Waals surface area (Å²) in [6.45, 7) is 0. The van der Waals surface area contributed by atoms with E-state index < -0.39 is 0 Å². The summed E-state index contributed by atoms with van der Waals surface area (Å²) in [6.07, 6.45) is -0.314. The maximum Gasteiger partial charge on any atom is 0.262 e. The number of carbonyl (C=O) groups is 1. The molecule has 1 aromatic heterocycles. The van der Waals surface area contributed by atoms with Crippen molar-refractivity contribution in [2.45, 2.75) is 6.17 Å². The molecule has 0 bridgehead atoms. The van der Waals surface area contributed by atoms with Gasteiger partial charge in [-0.2, -0.15) is 11.3 Å². The molecule has 1 aliphatic heterocycles. The van der Waals surface area contributed by atoms with Crippen molar-refractivity contribution in [3.63, 3.8) is 0 Å². The van der Waals surface area contributed by atoms with Crippen LogP contribution in [-0.4, -0.2) is 20.1 Å². The number of para-hydroxylation sites is 1. The predicted octanol–water partition coefficient (Wildman–Crippen LogP) is 4.54. The van der Waals surface area contributed by atoms with E-state index in [9.17, 15) is 4.79 Å². The van der Waals surface area contributed by atoms with Crippen LogP contribution in [0.15, 0.2) is 59.3 Å². The molecule has 6 heteroatoms. The number of thiophene rings is 1. The molecule has 132 valence electrons. The molecule has 0 fully saturated rings. The van der Waals surface area contributed by atoms with Crippen LogP contribution in [-0.2, 0) is 0 Å². The van der Waals surface area contributed by atoms with Crippen LogP contribution in [0, 0.1) is 0 Å². The molecule has 0 saturated carbocycles. The lowest BCUT2D eigenvalue weighted by atomic mass is 10.0. The number of hydrogen-bond donors (Lipinski definition) is 1. The third-order valence-electron chi connectivity index (χ3n) is 4.43. The highest BCUT2D eigenvalue weighted by Crippen LogP contribution is 2.42. The van der Waals surface area contributed by atoms with E-state index in [2.05, 4.69) is 5.32 Å². The molecule has 1 amide bonds. The predicted molar refractivity (Wildman–Crippen MR) is 103 cm³/mol. The Bertz CT molecular complexity index is 940. The van der Waals surface area contributed by atoms with Gasteiger partial charge in [-0.05, 0) is 41.1 Å². The number of rotatable bonds is 4. The van der Waals surface area contributed by atoms with Gasteiger partial charge in [0.05, 0.1) is 25.5 Å². The number of fused-ring (bicyclic) bond motifs is 1. The number of anilines is 2. The van der Waals surface area contributed by atoms with Crippen LogP contribution >= 0.6 is 11.3 Å². The highest BCUT2D eigenvalue weighted by molar-refractivity contribution is 7.08. The fourth-order valence-corrected chi connectivity index (χ4v) is 3.83. The molecule has 4 rings (SSSR count). The lowest BCUT2D eigenvalue weighted by Crippen LogP contribution is -2.43. The number of benzene rings is 2. The Balaban J connectivity index is 1.88. The van der Waals surface area contributed by atoms with Crippen LogP contribution in [0.2, 0.25) is 0 Å². The largest absolute Gasteiger partial charge is 0.497 e. The number of ether oxygens (including phenoxy) is 2. The van der Waals surface area contributed by atoms with Crippen molar-refractivity contribution >= 4 is 28.6 Å². The molecule has 26 heavy (non-hydrogen) atoms. The molecule has 2 aromatic carbocycles. The fourth-order valence-electron chi connectivity index (χ4n) is 3.15. The molecular formula is C20H18N2O3S. The van der Waals surface area contributed by atoms with Crippen LogP contribution in [0.3, 0.4) is 0 Å². The van der Waals surface area contributed by atoms with E-state index in [0.29, 0.717) is 22.7 Å². The first-order valence-corrected chi connectivity index (χ1v) is 9.10. The van der Waals surface area contributed by atoms with Crippen molar-refractivity contribution in [2.75, 3.05) is 24.4 Å². The highest BCUT2D eigenvalue weighted by Gasteiger charge is 2.35. The number of nitrogens with zero attached hydrogens (tertiary/aromatic N) is 1. The third-order valence-corrected chi connectivity index (χ3v) is 5.13. The van der Waals surface area contributed by atoms with Gasteiger partial charge in [-0.25, -0.2) is 0 Å². The summed E-state index contributed by atoms with van der Waals surface area (Å²) in [5, 5.41) is 7.53. The second kappa shape index (κ2) is 6.72. The van der Waals surface area contributed by atoms with Crippen LogP contribution in [0.1, 0.15) is 22.1 Å². The minimum Gasteiger partial charge on any atom is -0.497 e. The Morgan fingerprint density at radius 2 is 1.92 bits per heavy atom. The van der Waals surface area contributed by atoms with Crippen molar-refractivity contribution in [1.82, 2.24) is 0 Å². The van der Waals surface area contributed by atoms with E-state index in [1.54, 1.807) is 36.5 Å². The zero-order chi connectivity index (χ0) is 18.1. The minimum absolute atomic E-state index is 0.0704. The van der Waals surface area contributed by atoms with Crippen molar-refractivity contribution in [1.29, 1.82) is 0 Å². The maximum absolute atomic E-state index is 13.3. The van der Waals surface area contributed by atoms with E-state index in [4.69, 9.17) is 9.47 Å². The fraction of sp³-hybridized carbons (Fsp3) is 0.150. The van der Waals surface area contributed by atoms with Gasteiger partial charge in [0.15, 0.2) is 0 Å². The van der Waals surface area contributed by atoms with E-state index in [1.807, 2.05) is 53.2 Å². The molecule has 0 radical (unpaired) electrons. The SMILES string of the molecule is COc1ccc(N2C(=O)c3ccccc3NC2c2ccsc2)c(OC)c1. The Morgan fingerprint density at radius 1 is 1.08 bits per heavy atom. The van der Waals surface area contributed by atoms with Gasteiger partial charge in [0.1, 0.15) is 17.7 Å². The number of carbonyl (C=O) groups excluding carboxylic acids is 1. The van der Waals surface area contributed by atoms with Crippen molar-refractivity contribution < 1.29 is 14.3 Å². The van der Waals surface area contributed by atoms with Gasteiger partial charge < -0.3 is 14.8 Å². The normalized spacial score (nSPS) is 16.0. The van der Waals surface area contributed by atoms with Gasteiger partial charge in [-0.3, -0.25) is 9.69 Å². The first kappa shape index (κ1) is 16.5. The van der Waals surface area contributed by atoms with Gasteiger partial charge in [0.25, 0.3) is 5.91 Å². The van der Waals surface area contributed by atoms with E-state index in [1.165, 1.54) is 0 Å². The third kappa shape index (κ3) is 2.68. The number of hydrogen-bond acceptors (Lipinski definition) is 5.